The summed E-state index contributed by atoms with van der Waals surface area (Å²) in [5, 5.41) is 0.642. The van der Waals surface area contributed by atoms with E-state index < -0.39 is 0 Å². The Morgan fingerprint density at radius 1 is 1.25 bits per heavy atom. The second-order valence-corrected chi connectivity index (χ2v) is 5.63. The molecule has 0 N–H and O–H groups in total. The Kier molecular flexibility index (Phi) is 6.27. The van der Waals surface area contributed by atoms with E-state index in [2.05, 4.69) is 6.58 Å². The second kappa shape index (κ2) is 8.41. The van der Waals surface area contributed by atoms with Crippen LogP contribution in [0.4, 0.5) is 0 Å². The van der Waals surface area contributed by atoms with Crippen LogP contribution in [0.25, 0.3) is 0 Å². The van der Waals surface area contributed by atoms with Crippen molar-refractivity contribution in [3.63, 3.8) is 0 Å². The number of nitrogens with zero attached hydrogens (tertiary/aromatic N) is 1. The minimum atomic E-state index is -0.122. The molecule has 0 atom stereocenters. The van der Waals surface area contributed by atoms with Gasteiger partial charge in [-0.2, -0.15) is 0 Å². The minimum absolute atomic E-state index is 0.122. The molecule has 0 fully saturated rings. The van der Waals surface area contributed by atoms with Crippen LogP contribution in [0.5, 0.6) is 11.5 Å². The van der Waals surface area contributed by atoms with Crippen LogP contribution in [-0.2, 0) is 6.54 Å². The Balaban J connectivity index is 2.16. The maximum absolute atomic E-state index is 12.6. The Morgan fingerprint density at radius 2 is 2.00 bits per heavy atom. The predicted molar refractivity (Wildman–Crippen MR) is 95.9 cm³/mol. The third-order valence-corrected chi connectivity index (χ3v) is 3.85. The summed E-state index contributed by atoms with van der Waals surface area (Å²) in [6.07, 6.45) is 1.65. The van der Waals surface area contributed by atoms with Crippen molar-refractivity contribution in [1.82, 2.24) is 4.90 Å². The number of halogens is 1. The van der Waals surface area contributed by atoms with Crippen LogP contribution in [0.3, 0.4) is 0 Å². The third-order valence-electron chi connectivity index (χ3n) is 3.48. The van der Waals surface area contributed by atoms with Gasteiger partial charge in [-0.15, -0.1) is 0 Å². The molecule has 1 amide bonds. The van der Waals surface area contributed by atoms with E-state index in [4.69, 9.17) is 21.1 Å². The largest absolute Gasteiger partial charge is 0.493 e. The molecule has 2 aromatic rings. The minimum Gasteiger partial charge on any atom is -0.493 e. The van der Waals surface area contributed by atoms with E-state index in [9.17, 15) is 4.79 Å². The zero-order chi connectivity index (χ0) is 17.5. The van der Waals surface area contributed by atoms with Gasteiger partial charge in [0.25, 0.3) is 5.91 Å². The summed E-state index contributed by atoms with van der Waals surface area (Å²) in [6.45, 7) is 4.41. The van der Waals surface area contributed by atoms with Crippen molar-refractivity contribution in [3.8, 4) is 11.5 Å². The molecule has 0 saturated carbocycles. The van der Waals surface area contributed by atoms with Crippen molar-refractivity contribution >= 4 is 17.5 Å². The topological polar surface area (TPSA) is 38.8 Å². The molecule has 126 valence electrons. The number of rotatable bonds is 7. The molecule has 0 unspecified atom stereocenters. The lowest BCUT2D eigenvalue weighted by atomic mass is 10.1. The normalized spacial score (nSPS) is 10.1. The maximum Gasteiger partial charge on any atom is 0.254 e. The van der Waals surface area contributed by atoms with E-state index in [-0.39, 0.29) is 5.91 Å². The van der Waals surface area contributed by atoms with Crippen LogP contribution in [-0.4, -0.2) is 31.6 Å². The Bertz CT molecular complexity index is 730. The first-order chi connectivity index (χ1) is 11.6. The summed E-state index contributed by atoms with van der Waals surface area (Å²) in [5.41, 5.74) is 1.42. The average Bonchev–Trinajstić information content (AvgIpc) is 2.61. The summed E-state index contributed by atoms with van der Waals surface area (Å²) in [5.74, 6) is 0.958. The molecule has 5 heteroatoms. The van der Waals surface area contributed by atoms with Gasteiger partial charge in [0.2, 0.25) is 0 Å². The highest BCUT2D eigenvalue weighted by molar-refractivity contribution is 6.31. The van der Waals surface area contributed by atoms with E-state index in [1.807, 2.05) is 24.3 Å². The molecule has 24 heavy (non-hydrogen) atoms. The summed E-state index contributed by atoms with van der Waals surface area (Å²) < 4.78 is 10.8. The zero-order valence-corrected chi connectivity index (χ0v) is 14.5. The molecule has 0 aliphatic carbocycles. The summed E-state index contributed by atoms with van der Waals surface area (Å²) in [6, 6.07) is 12.6. The molecule has 0 heterocycles. The first-order valence-electron chi connectivity index (χ1n) is 7.47. The number of hydrogen-bond donors (Lipinski definition) is 0. The van der Waals surface area contributed by atoms with Crippen LogP contribution in [0, 0.1) is 0 Å². The van der Waals surface area contributed by atoms with Crippen molar-refractivity contribution < 1.29 is 14.3 Å². The maximum atomic E-state index is 12.6. The van der Waals surface area contributed by atoms with Crippen molar-refractivity contribution in [2.75, 3.05) is 20.8 Å². The van der Waals surface area contributed by atoms with Crippen molar-refractivity contribution in [1.29, 1.82) is 0 Å². The number of carbonyl (C=O) groups is 1. The first kappa shape index (κ1) is 17.9. The zero-order valence-electron chi connectivity index (χ0n) is 13.8. The Labute approximate surface area is 147 Å². The highest BCUT2D eigenvalue weighted by Gasteiger charge is 2.16. The SMILES string of the molecule is C=CCOc1ccc(C(=O)N(C)Cc2ccccc2Cl)cc1OC. The number of benzene rings is 2. The lowest BCUT2D eigenvalue weighted by Gasteiger charge is -2.19. The quantitative estimate of drug-likeness (QED) is 0.706. The molecular weight excluding hydrogens is 326 g/mol. The van der Waals surface area contributed by atoms with Crippen LogP contribution in [0.2, 0.25) is 5.02 Å². The van der Waals surface area contributed by atoms with Gasteiger partial charge in [-0.1, -0.05) is 42.5 Å². The van der Waals surface area contributed by atoms with E-state index in [1.165, 1.54) is 7.11 Å². The fraction of sp³-hybridized carbons (Fsp3) is 0.211. The highest BCUT2D eigenvalue weighted by Crippen LogP contribution is 2.28. The number of ether oxygens (including phenoxy) is 2. The van der Waals surface area contributed by atoms with E-state index in [1.54, 1.807) is 36.2 Å². The van der Waals surface area contributed by atoms with Crippen molar-refractivity contribution in [3.05, 3.63) is 71.3 Å². The number of carbonyl (C=O) groups excluding carboxylic acids is 1. The fourth-order valence-corrected chi connectivity index (χ4v) is 2.44. The summed E-state index contributed by atoms with van der Waals surface area (Å²) >= 11 is 6.15. The molecule has 0 aliphatic heterocycles. The first-order valence-corrected chi connectivity index (χ1v) is 7.85. The molecule has 0 saturated heterocycles. The highest BCUT2D eigenvalue weighted by atomic mass is 35.5. The molecule has 2 rings (SSSR count). The van der Waals surface area contributed by atoms with Crippen molar-refractivity contribution in [2.45, 2.75) is 6.54 Å². The molecule has 0 spiro atoms. The summed E-state index contributed by atoms with van der Waals surface area (Å²) in [4.78, 5) is 14.2. The smallest absolute Gasteiger partial charge is 0.254 e. The molecule has 0 bridgehead atoms. The molecule has 0 aliphatic rings. The van der Waals surface area contributed by atoms with Gasteiger partial charge in [0.15, 0.2) is 11.5 Å². The van der Waals surface area contributed by atoms with Crippen LogP contribution in [0.1, 0.15) is 15.9 Å². The van der Waals surface area contributed by atoms with Gasteiger partial charge < -0.3 is 14.4 Å². The van der Waals surface area contributed by atoms with Gasteiger partial charge in [0, 0.05) is 24.2 Å². The average molecular weight is 346 g/mol. The van der Waals surface area contributed by atoms with Crippen LogP contribution < -0.4 is 9.47 Å². The fourth-order valence-electron chi connectivity index (χ4n) is 2.24. The third kappa shape index (κ3) is 4.30. The molecule has 0 radical (unpaired) electrons. The number of amides is 1. The lowest BCUT2D eigenvalue weighted by Crippen LogP contribution is -2.26. The van der Waals surface area contributed by atoms with Gasteiger partial charge in [-0.05, 0) is 29.8 Å². The Morgan fingerprint density at radius 3 is 2.67 bits per heavy atom. The van der Waals surface area contributed by atoms with Gasteiger partial charge in [0.1, 0.15) is 6.61 Å². The Hall–Kier alpha value is -2.46. The summed E-state index contributed by atoms with van der Waals surface area (Å²) in [7, 11) is 3.28. The van der Waals surface area contributed by atoms with Gasteiger partial charge in [-0.25, -0.2) is 0 Å². The van der Waals surface area contributed by atoms with Crippen LogP contribution in [0.15, 0.2) is 55.1 Å². The standard InChI is InChI=1S/C19H20ClNO3/c1-4-11-24-17-10-9-14(12-18(17)23-3)19(22)21(2)13-15-7-5-6-8-16(15)20/h4-10,12H,1,11,13H2,2-3H3. The van der Waals surface area contributed by atoms with Crippen molar-refractivity contribution in [2.24, 2.45) is 0 Å². The molecule has 0 aromatic heterocycles. The van der Waals surface area contributed by atoms with Gasteiger partial charge >= 0.3 is 0 Å². The lowest BCUT2D eigenvalue weighted by molar-refractivity contribution is 0.0784. The van der Waals surface area contributed by atoms with Crippen LogP contribution >= 0.6 is 11.6 Å². The van der Waals surface area contributed by atoms with Gasteiger partial charge in [0.05, 0.1) is 7.11 Å². The van der Waals surface area contributed by atoms with E-state index >= 15 is 0 Å². The number of methoxy groups -OCH3 is 1. The molecule has 2 aromatic carbocycles. The predicted octanol–water partition coefficient (Wildman–Crippen LogP) is 4.19. The number of hydrogen-bond acceptors (Lipinski definition) is 3. The molecular formula is C19H20ClNO3. The van der Waals surface area contributed by atoms with E-state index in [0.717, 1.165) is 5.56 Å². The monoisotopic (exact) mass is 345 g/mol. The molecule has 4 nitrogen and oxygen atoms in total. The van der Waals surface area contributed by atoms with Gasteiger partial charge in [-0.3, -0.25) is 4.79 Å². The van der Waals surface area contributed by atoms with E-state index in [0.29, 0.717) is 35.2 Å². The second-order valence-electron chi connectivity index (χ2n) is 5.22.